The van der Waals surface area contributed by atoms with E-state index in [1.807, 2.05) is 104 Å². The van der Waals surface area contributed by atoms with E-state index in [9.17, 15) is 9.59 Å². The normalized spacial score (nSPS) is 10.6. The van der Waals surface area contributed by atoms with E-state index in [0.717, 1.165) is 33.6 Å². The van der Waals surface area contributed by atoms with Crippen LogP contribution in [0.15, 0.2) is 85.1 Å². The zero-order valence-electron chi connectivity index (χ0n) is 18.7. The first kappa shape index (κ1) is 22.0. The Morgan fingerprint density at radius 1 is 0.848 bits per heavy atom. The number of nitrogens with one attached hydrogen (secondary N) is 2. The molecule has 6 heteroatoms. The summed E-state index contributed by atoms with van der Waals surface area (Å²) < 4.78 is 1.81. The predicted octanol–water partition coefficient (Wildman–Crippen LogP) is 4.20. The molecule has 0 saturated heterocycles. The van der Waals surface area contributed by atoms with E-state index < -0.39 is 0 Å². The first-order valence-electron chi connectivity index (χ1n) is 10.8. The van der Waals surface area contributed by atoms with E-state index in [1.54, 1.807) is 0 Å². The first-order valence-corrected chi connectivity index (χ1v) is 10.8. The first-order chi connectivity index (χ1) is 16.0. The third kappa shape index (κ3) is 5.54. The minimum atomic E-state index is -0.265. The summed E-state index contributed by atoms with van der Waals surface area (Å²) in [7, 11) is 0. The van der Waals surface area contributed by atoms with E-state index in [2.05, 4.69) is 10.6 Å². The van der Waals surface area contributed by atoms with Gasteiger partial charge < -0.3 is 10.6 Å². The highest BCUT2D eigenvalue weighted by Crippen LogP contribution is 2.23. The molecule has 2 amide bonds. The molecule has 0 saturated carbocycles. The van der Waals surface area contributed by atoms with Crippen molar-refractivity contribution in [2.24, 2.45) is 0 Å². The summed E-state index contributed by atoms with van der Waals surface area (Å²) in [6.07, 6.45) is 1.92. The number of benzene rings is 3. The predicted molar refractivity (Wildman–Crippen MR) is 129 cm³/mol. The van der Waals surface area contributed by atoms with Crippen LogP contribution in [0.1, 0.15) is 27.0 Å². The van der Waals surface area contributed by atoms with Crippen LogP contribution in [-0.4, -0.2) is 28.1 Å². The molecule has 0 fully saturated rings. The van der Waals surface area contributed by atoms with Crippen LogP contribution in [0.3, 0.4) is 0 Å². The summed E-state index contributed by atoms with van der Waals surface area (Å²) in [4.78, 5) is 24.9. The van der Waals surface area contributed by atoms with Gasteiger partial charge in [0, 0.05) is 29.4 Å². The highest BCUT2D eigenvalue weighted by atomic mass is 16.2. The molecule has 1 heterocycles. The second-order valence-electron chi connectivity index (χ2n) is 7.98. The van der Waals surface area contributed by atoms with Crippen LogP contribution in [0.25, 0.3) is 16.9 Å². The van der Waals surface area contributed by atoms with E-state index >= 15 is 0 Å². The number of hydrogen-bond acceptors (Lipinski definition) is 3. The van der Waals surface area contributed by atoms with Crippen LogP contribution in [0.2, 0.25) is 0 Å². The standard InChI is InChI=1S/C27H26N4O2/c1-19-13-20(2)15-22(14-19)27(33)29-17-25(32)28-16-23-18-31(24-11-7-4-8-12-24)30-26(23)21-9-5-3-6-10-21/h3-15,18H,16-17H2,1-2H3,(H,28,32)(H,29,33). The largest absolute Gasteiger partial charge is 0.350 e. The Labute approximate surface area is 193 Å². The average molecular weight is 439 g/mol. The lowest BCUT2D eigenvalue weighted by atomic mass is 10.1. The molecule has 3 aromatic carbocycles. The zero-order valence-corrected chi connectivity index (χ0v) is 18.7. The molecule has 1 aromatic heterocycles. The number of carbonyl (C=O) groups excluding carboxylic acids is 2. The second kappa shape index (κ2) is 9.96. The van der Waals surface area contributed by atoms with Gasteiger partial charge in [0.25, 0.3) is 5.91 Å². The molecule has 0 aliphatic rings. The fourth-order valence-corrected chi connectivity index (χ4v) is 3.72. The van der Waals surface area contributed by atoms with Crippen LogP contribution in [0, 0.1) is 13.8 Å². The molecule has 0 aliphatic carbocycles. The van der Waals surface area contributed by atoms with Crippen molar-refractivity contribution in [3.8, 4) is 16.9 Å². The van der Waals surface area contributed by atoms with Crippen molar-refractivity contribution in [3.63, 3.8) is 0 Å². The zero-order chi connectivity index (χ0) is 23.2. The fourth-order valence-electron chi connectivity index (χ4n) is 3.72. The molecule has 0 unspecified atom stereocenters. The van der Waals surface area contributed by atoms with Gasteiger partial charge >= 0.3 is 0 Å². The van der Waals surface area contributed by atoms with Crippen LogP contribution in [0.4, 0.5) is 0 Å². The molecule has 0 spiro atoms. The van der Waals surface area contributed by atoms with E-state index in [-0.39, 0.29) is 18.4 Å². The molecular formula is C27H26N4O2. The van der Waals surface area contributed by atoms with Crippen molar-refractivity contribution in [2.45, 2.75) is 20.4 Å². The van der Waals surface area contributed by atoms with Crippen molar-refractivity contribution in [3.05, 3.63) is 107 Å². The number of aromatic nitrogens is 2. The highest BCUT2D eigenvalue weighted by molar-refractivity contribution is 5.96. The summed E-state index contributed by atoms with van der Waals surface area (Å²) in [5.74, 6) is -0.530. The number of hydrogen-bond donors (Lipinski definition) is 2. The Morgan fingerprint density at radius 3 is 2.15 bits per heavy atom. The Kier molecular flexibility index (Phi) is 6.64. The molecule has 0 radical (unpaired) electrons. The lowest BCUT2D eigenvalue weighted by molar-refractivity contribution is -0.120. The van der Waals surface area contributed by atoms with Crippen LogP contribution >= 0.6 is 0 Å². The average Bonchev–Trinajstić information content (AvgIpc) is 3.26. The SMILES string of the molecule is Cc1cc(C)cc(C(=O)NCC(=O)NCc2cn(-c3ccccc3)nc2-c2ccccc2)c1. The summed E-state index contributed by atoms with van der Waals surface area (Å²) in [5, 5.41) is 10.3. The van der Waals surface area contributed by atoms with Crippen molar-refractivity contribution in [2.75, 3.05) is 6.54 Å². The third-order valence-electron chi connectivity index (χ3n) is 5.23. The Bertz CT molecular complexity index is 1240. The van der Waals surface area contributed by atoms with Crippen LogP contribution in [-0.2, 0) is 11.3 Å². The number of carbonyl (C=O) groups is 2. The van der Waals surface area contributed by atoms with Crippen molar-refractivity contribution >= 4 is 11.8 Å². The number of nitrogens with zero attached hydrogens (tertiary/aromatic N) is 2. The Morgan fingerprint density at radius 2 is 1.48 bits per heavy atom. The quantitative estimate of drug-likeness (QED) is 0.454. The molecule has 4 rings (SSSR count). The lowest BCUT2D eigenvalue weighted by Crippen LogP contribution is -2.36. The minimum Gasteiger partial charge on any atom is -0.350 e. The molecule has 2 N–H and O–H groups in total. The van der Waals surface area contributed by atoms with Crippen molar-refractivity contribution in [1.82, 2.24) is 20.4 Å². The Balaban J connectivity index is 1.44. The lowest BCUT2D eigenvalue weighted by Gasteiger charge is -2.08. The molecule has 6 nitrogen and oxygen atoms in total. The molecule has 4 aromatic rings. The fraction of sp³-hybridized carbons (Fsp3) is 0.148. The maximum Gasteiger partial charge on any atom is 0.251 e. The summed E-state index contributed by atoms with van der Waals surface area (Å²) in [6.45, 7) is 4.08. The van der Waals surface area contributed by atoms with Crippen molar-refractivity contribution in [1.29, 1.82) is 0 Å². The number of aryl methyl sites for hydroxylation is 2. The van der Waals surface area contributed by atoms with Gasteiger partial charge in [-0.2, -0.15) is 5.10 Å². The Hall–Kier alpha value is -4.19. The third-order valence-corrected chi connectivity index (χ3v) is 5.23. The molecule has 166 valence electrons. The summed E-state index contributed by atoms with van der Waals surface area (Å²) >= 11 is 0. The number of para-hydroxylation sites is 1. The van der Waals surface area contributed by atoms with Crippen LogP contribution < -0.4 is 10.6 Å². The second-order valence-corrected chi connectivity index (χ2v) is 7.98. The summed E-state index contributed by atoms with van der Waals surface area (Å²) in [6, 6.07) is 25.3. The van der Waals surface area contributed by atoms with Gasteiger partial charge in [0.15, 0.2) is 0 Å². The van der Waals surface area contributed by atoms with Gasteiger partial charge in [0.2, 0.25) is 5.91 Å². The maximum atomic E-state index is 12.5. The van der Waals surface area contributed by atoms with Gasteiger partial charge in [0.1, 0.15) is 0 Å². The van der Waals surface area contributed by atoms with Gasteiger partial charge in [0.05, 0.1) is 17.9 Å². The van der Waals surface area contributed by atoms with Gasteiger partial charge in [-0.3, -0.25) is 9.59 Å². The van der Waals surface area contributed by atoms with Gasteiger partial charge in [-0.15, -0.1) is 0 Å². The molecule has 33 heavy (non-hydrogen) atoms. The summed E-state index contributed by atoms with van der Waals surface area (Å²) in [5.41, 5.74) is 6.17. The maximum absolute atomic E-state index is 12.5. The molecular weight excluding hydrogens is 412 g/mol. The highest BCUT2D eigenvalue weighted by Gasteiger charge is 2.14. The van der Waals surface area contributed by atoms with Gasteiger partial charge in [-0.25, -0.2) is 4.68 Å². The van der Waals surface area contributed by atoms with E-state index in [1.165, 1.54) is 0 Å². The minimum absolute atomic E-state index is 0.0979. The topological polar surface area (TPSA) is 76.0 Å². The number of rotatable bonds is 7. The van der Waals surface area contributed by atoms with Gasteiger partial charge in [-0.05, 0) is 38.1 Å². The van der Waals surface area contributed by atoms with E-state index in [4.69, 9.17) is 5.10 Å². The number of amides is 2. The molecule has 0 bridgehead atoms. The monoisotopic (exact) mass is 438 g/mol. The molecule has 0 atom stereocenters. The smallest absolute Gasteiger partial charge is 0.251 e. The van der Waals surface area contributed by atoms with Gasteiger partial charge in [-0.1, -0.05) is 65.7 Å². The molecule has 0 aliphatic heterocycles. The van der Waals surface area contributed by atoms with Crippen LogP contribution in [0.5, 0.6) is 0 Å². The van der Waals surface area contributed by atoms with Crippen molar-refractivity contribution < 1.29 is 9.59 Å². The van der Waals surface area contributed by atoms with E-state index in [0.29, 0.717) is 12.1 Å².